The summed E-state index contributed by atoms with van der Waals surface area (Å²) in [6.45, 7) is 0. The molecular weight excluding hydrogens is 623 g/mol. The van der Waals surface area contributed by atoms with Crippen molar-refractivity contribution in [1.82, 2.24) is 24.5 Å². The first kappa shape index (κ1) is 29.0. The molecule has 10 aromatic rings. The molecule has 0 aliphatic carbocycles. The fraction of sp³-hybridized carbons (Fsp3) is 0. The van der Waals surface area contributed by atoms with E-state index >= 15 is 0 Å². The zero-order valence-corrected chi connectivity index (χ0v) is 27.5. The van der Waals surface area contributed by atoms with Gasteiger partial charge in [0, 0.05) is 49.5 Å². The normalized spacial score (nSPS) is 11.5. The Morgan fingerprint density at radius 3 is 1.49 bits per heavy atom. The van der Waals surface area contributed by atoms with Crippen LogP contribution in [0.15, 0.2) is 176 Å². The molecule has 238 valence electrons. The van der Waals surface area contributed by atoms with Crippen LogP contribution in [0.25, 0.3) is 94.6 Å². The molecule has 0 atom stereocenters. The largest absolute Gasteiger partial charge is 0.309 e. The fourth-order valence-electron chi connectivity index (χ4n) is 7.21. The molecule has 0 amide bonds. The fourth-order valence-corrected chi connectivity index (χ4v) is 7.21. The van der Waals surface area contributed by atoms with E-state index in [2.05, 4.69) is 114 Å². The van der Waals surface area contributed by atoms with Crippen LogP contribution in [0, 0.1) is 0 Å². The Morgan fingerprint density at radius 1 is 0.314 bits per heavy atom. The smallest absolute Gasteiger partial charge is 0.164 e. The minimum absolute atomic E-state index is 0.626. The highest BCUT2D eigenvalue weighted by atomic mass is 15.0. The number of benzene rings is 7. The summed E-state index contributed by atoms with van der Waals surface area (Å²) >= 11 is 0. The molecule has 3 heterocycles. The van der Waals surface area contributed by atoms with E-state index in [4.69, 9.17) is 19.9 Å². The SMILES string of the molecule is c1ccc(-c2nc(-c3ccccc3)nc(-c3ccc4c5cc6c(cc5n(-c5ccccc5)c4c3)c(-c3ccccc3)nc3ccccc36)n2)cc1. The van der Waals surface area contributed by atoms with Gasteiger partial charge in [0.15, 0.2) is 17.5 Å². The number of para-hydroxylation sites is 2. The van der Waals surface area contributed by atoms with Crippen molar-refractivity contribution >= 4 is 43.5 Å². The molecule has 5 heteroatoms. The molecule has 0 radical (unpaired) electrons. The van der Waals surface area contributed by atoms with Gasteiger partial charge in [-0.3, -0.25) is 0 Å². The van der Waals surface area contributed by atoms with E-state index in [0.29, 0.717) is 17.5 Å². The molecule has 0 spiro atoms. The second-order valence-corrected chi connectivity index (χ2v) is 12.7. The van der Waals surface area contributed by atoms with E-state index in [1.165, 1.54) is 10.8 Å². The molecule has 0 saturated carbocycles. The third kappa shape index (κ3) is 4.94. The Hall–Kier alpha value is -6.98. The first-order chi connectivity index (χ1) is 25.3. The lowest BCUT2D eigenvalue weighted by atomic mass is 9.98. The summed E-state index contributed by atoms with van der Waals surface area (Å²) in [5.41, 5.74) is 9.12. The summed E-state index contributed by atoms with van der Waals surface area (Å²) in [4.78, 5) is 20.2. The average molecular weight is 652 g/mol. The standard InChI is InChI=1S/C46H29N5/c1-5-15-30(16-6-1)43-39-29-42-38(28-37(39)35-23-13-14-24-40(35)47-43)36-26-25-33(27-41(36)51(42)34-21-11-4-12-22-34)46-49-44(31-17-7-2-8-18-31)48-45(50-46)32-19-9-3-10-20-32/h1-29H. The quantitative estimate of drug-likeness (QED) is 0.174. The van der Waals surface area contributed by atoms with Crippen molar-refractivity contribution < 1.29 is 0 Å². The van der Waals surface area contributed by atoms with E-state index < -0.39 is 0 Å². The van der Waals surface area contributed by atoms with Crippen LogP contribution >= 0.6 is 0 Å². The second-order valence-electron chi connectivity index (χ2n) is 12.7. The van der Waals surface area contributed by atoms with Gasteiger partial charge in [0.05, 0.1) is 22.2 Å². The number of fused-ring (bicyclic) bond motifs is 6. The number of rotatable bonds is 5. The Kier molecular flexibility index (Phi) is 6.74. The summed E-state index contributed by atoms with van der Waals surface area (Å²) in [6.07, 6.45) is 0. The average Bonchev–Trinajstić information content (AvgIpc) is 3.53. The molecule has 5 nitrogen and oxygen atoms in total. The molecule has 0 N–H and O–H groups in total. The van der Waals surface area contributed by atoms with Crippen molar-refractivity contribution in [2.24, 2.45) is 0 Å². The lowest BCUT2D eigenvalue weighted by Gasteiger charge is -2.12. The van der Waals surface area contributed by atoms with E-state index in [1.54, 1.807) is 0 Å². The van der Waals surface area contributed by atoms with Crippen LogP contribution in [0.1, 0.15) is 0 Å². The molecule has 0 saturated heterocycles. The maximum absolute atomic E-state index is 5.23. The summed E-state index contributed by atoms with van der Waals surface area (Å²) in [7, 11) is 0. The van der Waals surface area contributed by atoms with Gasteiger partial charge in [-0.05, 0) is 41.8 Å². The third-order valence-electron chi connectivity index (χ3n) is 9.61. The van der Waals surface area contributed by atoms with Crippen molar-refractivity contribution in [2.75, 3.05) is 0 Å². The minimum atomic E-state index is 0.626. The van der Waals surface area contributed by atoms with Gasteiger partial charge in [0.2, 0.25) is 0 Å². The second kappa shape index (κ2) is 11.9. The summed E-state index contributed by atoms with van der Waals surface area (Å²) in [5.74, 6) is 1.91. The van der Waals surface area contributed by atoms with Crippen molar-refractivity contribution in [2.45, 2.75) is 0 Å². The molecule has 0 aliphatic heterocycles. The Bertz CT molecular complexity index is 2830. The van der Waals surface area contributed by atoms with Crippen molar-refractivity contribution in [3.63, 3.8) is 0 Å². The Balaban J connectivity index is 1.27. The highest BCUT2D eigenvalue weighted by Crippen LogP contribution is 2.41. The van der Waals surface area contributed by atoms with Gasteiger partial charge >= 0.3 is 0 Å². The topological polar surface area (TPSA) is 56.5 Å². The first-order valence-corrected chi connectivity index (χ1v) is 17.1. The van der Waals surface area contributed by atoms with Crippen LogP contribution in [0.5, 0.6) is 0 Å². The zero-order chi connectivity index (χ0) is 33.7. The maximum Gasteiger partial charge on any atom is 0.164 e. The van der Waals surface area contributed by atoms with Crippen LogP contribution in [0.2, 0.25) is 0 Å². The summed E-state index contributed by atoms with van der Waals surface area (Å²) < 4.78 is 2.36. The zero-order valence-electron chi connectivity index (χ0n) is 27.5. The molecule has 0 fully saturated rings. The lowest BCUT2D eigenvalue weighted by Crippen LogP contribution is -2.00. The van der Waals surface area contributed by atoms with Gasteiger partial charge in [-0.15, -0.1) is 0 Å². The predicted molar refractivity (Wildman–Crippen MR) is 209 cm³/mol. The summed E-state index contributed by atoms with van der Waals surface area (Å²) in [6, 6.07) is 60.9. The maximum atomic E-state index is 5.23. The molecule has 3 aromatic heterocycles. The molecule has 0 unspecified atom stereocenters. The van der Waals surface area contributed by atoms with E-state index in [-0.39, 0.29) is 0 Å². The lowest BCUT2D eigenvalue weighted by molar-refractivity contribution is 1.07. The van der Waals surface area contributed by atoms with Crippen molar-refractivity contribution in [3.05, 3.63) is 176 Å². The van der Waals surface area contributed by atoms with Gasteiger partial charge in [-0.25, -0.2) is 19.9 Å². The van der Waals surface area contributed by atoms with Gasteiger partial charge in [0.1, 0.15) is 0 Å². The minimum Gasteiger partial charge on any atom is -0.309 e. The van der Waals surface area contributed by atoms with Gasteiger partial charge < -0.3 is 4.57 Å². The molecule has 7 aromatic carbocycles. The number of hydrogen-bond donors (Lipinski definition) is 0. The molecular formula is C46H29N5. The van der Waals surface area contributed by atoms with E-state index in [1.807, 2.05) is 66.7 Å². The van der Waals surface area contributed by atoms with Gasteiger partial charge in [-0.1, -0.05) is 140 Å². The predicted octanol–water partition coefficient (Wildman–Crippen LogP) is 11.3. The van der Waals surface area contributed by atoms with Gasteiger partial charge in [-0.2, -0.15) is 0 Å². The first-order valence-electron chi connectivity index (χ1n) is 17.1. The van der Waals surface area contributed by atoms with Crippen LogP contribution in [-0.4, -0.2) is 24.5 Å². The number of pyridine rings is 1. The monoisotopic (exact) mass is 651 g/mol. The molecule has 51 heavy (non-hydrogen) atoms. The third-order valence-corrected chi connectivity index (χ3v) is 9.61. The Labute approximate surface area is 294 Å². The molecule has 0 bridgehead atoms. The van der Waals surface area contributed by atoms with Crippen LogP contribution < -0.4 is 0 Å². The Morgan fingerprint density at radius 2 is 0.843 bits per heavy atom. The highest BCUT2D eigenvalue weighted by molar-refractivity contribution is 6.20. The number of hydrogen-bond acceptors (Lipinski definition) is 4. The molecule has 0 aliphatic rings. The van der Waals surface area contributed by atoms with Crippen molar-refractivity contribution in [1.29, 1.82) is 0 Å². The molecule has 10 rings (SSSR count). The highest BCUT2D eigenvalue weighted by Gasteiger charge is 2.19. The van der Waals surface area contributed by atoms with E-state index in [9.17, 15) is 0 Å². The van der Waals surface area contributed by atoms with E-state index in [0.717, 1.165) is 66.3 Å². The summed E-state index contributed by atoms with van der Waals surface area (Å²) in [5, 5.41) is 5.76. The van der Waals surface area contributed by atoms with Gasteiger partial charge in [0.25, 0.3) is 0 Å². The number of aromatic nitrogens is 5. The van der Waals surface area contributed by atoms with Crippen molar-refractivity contribution in [3.8, 4) is 51.1 Å². The number of nitrogens with zero attached hydrogens (tertiary/aromatic N) is 5. The van der Waals surface area contributed by atoms with Crippen LogP contribution in [-0.2, 0) is 0 Å². The van der Waals surface area contributed by atoms with Crippen LogP contribution in [0.3, 0.4) is 0 Å². The van der Waals surface area contributed by atoms with Crippen LogP contribution in [0.4, 0.5) is 0 Å².